The van der Waals surface area contributed by atoms with Crippen LogP contribution in [0.1, 0.15) is 48.5 Å². The second-order valence-electron chi connectivity index (χ2n) is 9.32. The number of rotatable bonds is 0. The molecule has 0 aliphatic heterocycles. The van der Waals surface area contributed by atoms with Crippen molar-refractivity contribution in [1.82, 2.24) is 0 Å². The molecule has 388 valence electrons. The van der Waals surface area contributed by atoms with Gasteiger partial charge in [-0.05, 0) is 243 Å². The van der Waals surface area contributed by atoms with Crippen molar-refractivity contribution < 1.29 is 0 Å². The van der Waals surface area contributed by atoms with Crippen molar-refractivity contribution >= 4 is 85.8 Å². The molecule has 0 aliphatic carbocycles. The Morgan fingerprint density at radius 2 is 0.354 bits per heavy atom. The minimum atomic E-state index is 0.190. The van der Waals surface area contributed by atoms with Crippen LogP contribution in [0.5, 0.6) is 0 Å². The largest absolute Gasteiger partial charge is 0.129 e. The molecule has 0 aromatic heterocycles. The lowest BCUT2D eigenvalue weighted by molar-refractivity contribution is 1.92. The van der Waals surface area contributed by atoms with Crippen LogP contribution in [0, 0.1) is 368 Å². The third-order valence-corrected chi connectivity index (χ3v) is 8.31. The predicted molar refractivity (Wildman–Crippen MR) is 392 cm³/mol. The highest BCUT2D eigenvalue weighted by Gasteiger charge is 1.66. The van der Waals surface area contributed by atoms with E-state index in [2.05, 4.69) is 317 Å². The Kier molecular flexibility index (Phi) is 150. The monoisotopic (exact) mass is 1220 g/mol. The minimum Gasteiger partial charge on any atom is -0.129 e. The summed E-state index contributed by atoms with van der Waals surface area (Å²) in [5.74, 6) is 87.1. The molecule has 0 heterocycles. The fourth-order valence-electron chi connectivity index (χ4n) is 1.61. The van der Waals surface area contributed by atoms with Gasteiger partial charge in [-0.3, -0.25) is 0 Å². The number of hydrogen-bond acceptors (Lipinski definition) is 0. The van der Waals surface area contributed by atoms with Crippen molar-refractivity contribution in [3.63, 3.8) is 0 Å². The highest BCUT2D eigenvalue weighted by molar-refractivity contribution is 7.51. The molecule has 0 aromatic rings. The molecule has 0 spiro atoms. The summed E-state index contributed by atoms with van der Waals surface area (Å²) in [6.45, 7) is 18.7. The van der Waals surface area contributed by atoms with Gasteiger partial charge in [-0.25, -0.2) is 0 Å². The van der Waals surface area contributed by atoms with Crippen LogP contribution in [-0.2, 0) is 0 Å². The standard InChI is InChI=1S/C12H3P.C11H5P.C10H7P.C9H5P.C8H3P.C7H5P.C6H7P.C4H3P.C3H5P.C2H7P/c1-3-5-7-9-11-13-12-10-8-6-4-2;1-3-5-7-9-11-12-10-8-6-4-2;1-3-5-7-9-11-10-8-6-4-2;1-3-5-7-9-10-8-6-4-2;1-3-5-7-9-8-6-4-2;1-3-5-7-8-6-4-2;1-3-5-7-6-4-2;1-3-5-4-2;1-3-4-2;1-3-2/h1-2,13H;1,12H,2H3;11H,1-2H3;2,10H,1H3;1-2,9H;1,8H,2H3;7H,1-2H3;1-2,5H;1,4H,2H3;3H,1-2H3. The number of terminal acetylenes is 10. The Balaban J connectivity index is -0.0000000897. The fourth-order valence-corrected chi connectivity index (χ4v) is 3.92. The van der Waals surface area contributed by atoms with Crippen LogP contribution >= 0.6 is 85.8 Å². The maximum absolute atomic E-state index is 4.87. The molecule has 10 heteroatoms. The molecule has 0 fully saturated rings. The van der Waals surface area contributed by atoms with Crippen molar-refractivity contribution in [1.29, 1.82) is 0 Å². The van der Waals surface area contributed by atoms with Gasteiger partial charge in [-0.15, -0.1) is 90.6 Å². The van der Waals surface area contributed by atoms with Crippen LogP contribution in [0.2, 0.25) is 0 Å². The van der Waals surface area contributed by atoms with Crippen LogP contribution in [0.3, 0.4) is 0 Å². The summed E-state index contributed by atoms with van der Waals surface area (Å²) in [5, 5.41) is 0. The first kappa shape index (κ1) is 95.0. The van der Waals surface area contributed by atoms with Crippen molar-refractivity contribution in [2.75, 3.05) is 20.0 Å². The van der Waals surface area contributed by atoms with E-state index in [0.29, 0.717) is 34.3 Å². The average molecular weight is 1220 g/mol. The summed E-state index contributed by atoms with van der Waals surface area (Å²) in [6, 6.07) is 0. The molecule has 0 bridgehead atoms. The van der Waals surface area contributed by atoms with Gasteiger partial charge < -0.3 is 0 Å². The Hall–Kier alpha value is -9.34. The van der Waals surface area contributed by atoms with E-state index < -0.39 is 0 Å². The molecular formula is C72H50P10. The quantitative estimate of drug-likeness (QED) is 0.168. The Labute approximate surface area is 518 Å². The van der Waals surface area contributed by atoms with Gasteiger partial charge in [0.25, 0.3) is 0 Å². The summed E-state index contributed by atoms with van der Waals surface area (Å²) in [5.41, 5.74) is 45.6. The molecule has 82 heavy (non-hydrogen) atoms. The Morgan fingerprint density at radius 1 is 0.183 bits per heavy atom. The van der Waals surface area contributed by atoms with E-state index in [1.165, 1.54) is 0 Å². The molecule has 4 unspecified atom stereocenters. The second kappa shape index (κ2) is 129. The normalized spacial score (nSPS) is 5.07. The topological polar surface area (TPSA) is 0 Å². The molecule has 0 amide bonds. The third kappa shape index (κ3) is 188. The van der Waals surface area contributed by atoms with E-state index in [1.54, 1.807) is 34.6 Å². The molecular weight excluding hydrogens is 1170 g/mol. The van der Waals surface area contributed by atoms with E-state index in [0.717, 1.165) is 8.58 Å². The summed E-state index contributed by atoms with van der Waals surface area (Å²) < 4.78 is 0. The van der Waals surface area contributed by atoms with Crippen molar-refractivity contribution in [2.24, 2.45) is 0 Å². The predicted octanol–water partition coefficient (Wildman–Crippen LogP) is 11.4. The molecule has 0 nitrogen and oxygen atoms in total. The first-order valence-corrected chi connectivity index (χ1v) is 32.4. The van der Waals surface area contributed by atoms with Gasteiger partial charge in [0.05, 0.1) is 0 Å². The molecule has 0 aromatic carbocycles. The van der Waals surface area contributed by atoms with Crippen LogP contribution in [0.25, 0.3) is 0 Å². The van der Waals surface area contributed by atoms with Gasteiger partial charge in [-0.1, -0.05) is 120 Å². The van der Waals surface area contributed by atoms with Gasteiger partial charge in [0.2, 0.25) is 0 Å². The summed E-state index contributed by atoms with van der Waals surface area (Å²) in [6.07, 6.45) is 48.3. The molecule has 0 radical (unpaired) electrons. The van der Waals surface area contributed by atoms with E-state index in [9.17, 15) is 0 Å². The van der Waals surface area contributed by atoms with Gasteiger partial charge >= 0.3 is 0 Å². The summed E-state index contributed by atoms with van der Waals surface area (Å²) in [7, 11) is 4.18. The molecule has 4 atom stereocenters. The maximum Gasteiger partial charge on any atom is 0.0381 e. The molecule has 0 saturated carbocycles. The zero-order chi connectivity index (χ0) is 63.8. The maximum atomic E-state index is 4.87. The van der Waals surface area contributed by atoms with E-state index in [4.69, 9.17) is 64.2 Å². The molecule has 0 N–H and O–H groups in total. The molecule has 0 aliphatic rings. The first-order chi connectivity index (χ1) is 40.1. The lowest BCUT2D eigenvalue weighted by Gasteiger charge is -1.64. The highest BCUT2D eigenvalue weighted by atomic mass is 31.1. The van der Waals surface area contributed by atoms with Crippen LogP contribution < -0.4 is 0 Å². The van der Waals surface area contributed by atoms with E-state index in [-0.39, 0.29) is 42.9 Å². The number of hydrogen-bond donors (Lipinski definition) is 0. The van der Waals surface area contributed by atoms with Crippen LogP contribution in [0.15, 0.2) is 0 Å². The fraction of sp³-hybridized carbons (Fsp3) is 0.139. The summed E-state index contributed by atoms with van der Waals surface area (Å²) >= 11 is 0. The van der Waals surface area contributed by atoms with Crippen LogP contribution in [0.4, 0.5) is 0 Å². The molecule has 0 saturated heterocycles. The van der Waals surface area contributed by atoms with Crippen LogP contribution in [-0.4, -0.2) is 20.0 Å². The lowest BCUT2D eigenvalue weighted by atomic mass is 10.6. The third-order valence-electron chi connectivity index (χ3n) is 3.86. The first-order valence-electron chi connectivity index (χ1n) is 20.9. The van der Waals surface area contributed by atoms with Crippen molar-refractivity contribution in [2.45, 2.75) is 48.5 Å². The zero-order valence-electron chi connectivity index (χ0n) is 46.8. The van der Waals surface area contributed by atoms with Crippen molar-refractivity contribution in [3.8, 4) is 368 Å². The Bertz CT molecular complexity index is 3660. The lowest BCUT2D eigenvalue weighted by Crippen LogP contribution is -1.49. The van der Waals surface area contributed by atoms with Gasteiger partial charge in [0.15, 0.2) is 0 Å². The second-order valence-corrected chi connectivity index (χ2v) is 17.2. The minimum absolute atomic E-state index is 0.190. The van der Waals surface area contributed by atoms with Gasteiger partial charge in [-0.2, -0.15) is 0 Å². The van der Waals surface area contributed by atoms with Gasteiger partial charge in [0.1, 0.15) is 0 Å². The molecule has 0 rings (SSSR count). The van der Waals surface area contributed by atoms with Crippen molar-refractivity contribution in [3.05, 3.63) is 0 Å². The van der Waals surface area contributed by atoms with E-state index >= 15 is 0 Å². The summed E-state index contributed by atoms with van der Waals surface area (Å²) in [4.78, 5) is 0. The average Bonchev–Trinajstić information content (AvgIpc) is 3.49. The highest BCUT2D eigenvalue weighted by Crippen LogP contribution is 2.03. The Morgan fingerprint density at radius 3 is 0.500 bits per heavy atom. The zero-order valence-corrected chi connectivity index (χ0v) is 56.8. The van der Waals surface area contributed by atoms with E-state index in [1.807, 2.05) is 20.5 Å². The smallest absolute Gasteiger partial charge is 0.0381 e. The SMILES string of the molecule is C#CC#CC#CPC#CC#CC.C#CC#CC#CPC#CC#CC#C.C#CC#CPC#CC.C#CC#CPC#CC#C.C#CC#CPC#CC#CC.C#CPC.C#CPC#C.CC#CC#CPC#CC#CC.CC#CPC#CC.CPC. The van der Waals surface area contributed by atoms with Gasteiger partial charge in [0, 0.05) is 68.6 Å².